The molecule has 9 heteroatoms. The van der Waals surface area contributed by atoms with Gasteiger partial charge in [0.2, 0.25) is 5.78 Å². The van der Waals surface area contributed by atoms with Gasteiger partial charge in [-0.15, -0.1) is 0 Å². The Hall–Kier alpha value is -2.58. The number of carbonyl (C=O) groups is 3. The van der Waals surface area contributed by atoms with E-state index < -0.39 is 42.0 Å². The maximum Gasteiger partial charge on any atom is 0.408 e. The lowest BCUT2D eigenvalue weighted by molar-refractivity contribution is -0.151. The van der Waals surface area contributed by atoms with Gasteiger partial charge >= 0.3 is 12.3 Å². The summed E-state index contributed by atoms with van der Waals surface area (Å²) in [5.41, 5.74) is 0.876. The van der Waals surface area contributed by atoms with Gasteiger partial charge in [0.25, 0.3) is 5.91 Å². The number of hydrogen-bond donors (Lipinski definition) is 2. The molecule has 2 N–H and O–H groups in total. The molecule has 0 spiro atoms. The van der Waals surface area contributed by atoms with E-state index in [0.717, 1.165) is 5.56 Å². The number of alkyl halides is 3. The van der Waals surface area contributed by atoms with E-state index in [4.69, 9.17) is 4.74 Å². The quantitative estimate of drug-likeness (QED) is 0.754. The molecule has 0 aliphatic carbocycles. The van der Waals surface area contributed by atoms with Gasteiger partial charge in [-0.05, 0) is 46.2 Å². The average molecular weight is 388 g/mol. The molecule has 0 heterocycles. The van der Waals surface area contributed by atoms with Crippen molar-refractivity contribution in [2.45, 2.75) is 58.9 Å². The molecule has 1 rings (SSSR count). The summed E-state index contributed by atoms with van der Waals surface area (Å²) in [6, 6.07) is 2.87. The van der Waals surface area contributed by atoms with Crippen LogP contribution >= 0.6 is 0 Å². The largest absolute Gasteiger partial charge is 0.444 e. The number of hydrogen-bond acceptors (Lipinski definition) is 4. The number of nitrogens with one attached hydrogen (secondary N) is 2. The zero-order chi connectivity index (χ0) is 21.0. The predicted octanol–water partition coefficient (Wildman–Crippen LogP) is 3.66. The summed E-state index contributed by atoms with van der Waals surface area (Å²) in [5.74, 6) is -2.68. The van der Waals surface area contributed by atoms with Crippen molar-refractivity contribution in [3.05, 3.63) is 29.3 Å². The Labute approximate surface area is 155 Å². The van der Waals surface area contributed by atoms with Crippen molar-refractivity contribution < 1.29 is 32.3 Å². The minimum Gasteiger partial charge on any atom is -0.444 e. The Bertz CT molecular complexity index is 724. The van der Waals surface area contributed by atoms with Crippen LogP contribution < -0.4 is 10.6 Å². The van der Waals surface area contributed by atoms with Crippen molar-refractivity contribution in [1.29, 1.82) is 0 Å². The van der Waals surface area contributed by atoms with Gasteiger partial charge in [0, 0.05) is 5.69 Å². The molecule has 0 saturated carbocycles. The molecule has 150 valence electrons. The lowest BCUT2D eigenvalue weighted by atomic mass is 10.1. The van der Waals surface area contributed by atoms with E-state index in [2.05, 4.69) is 5.32 Å². The maximum atomic E-state index is 12.8. The van der Waals surface area contributed by atoms with Crippen LogP contribution in [0.3, 0.4) is 0 Å². The van der Waals surface area contributed by atoms with E-state index in [0.29, 0.717) is 11.3 Å². The first-order valence-electron chi connectivity index (χ1n) is 8.16. The van der Waals surface area contributed by atoms with Gasteiger partial charge < -0.3 is 15.4 Å². The normalized spacial score (nSPS) is 12.9. The number of Topliss-reactive ketones (excluding diaryl/α,β-unsaturated/α-hetero) is 1. The predicted molar refractivity (Wildman–Crippen MR) is 93.4 cm³/mol. The van der Waals surface area contributed by atoms with Gasteiger partial charge in [-0.25, -0.2) is 4.79 Å². The third-order valence-corrected chi connectivity index (χ3v) is 3.30. The first-order valence-corrected chi connectivity index (χ1v) is 8.16. The summed E-state index contributed by atoms with van der Waals surface area (Å²) >= 11 is 0. The van der Waals surface area contributed by atoms with Crippen LogP contribution in [0.2, 0.25) is 0 Å². The number of ether oxygens (including phenoxy) is 1. The number of amides is 2. The van der Waals surface area contributed by atoms with Crippen molar-refractivity contribution in [3.63, 3.8) is 0 Å². The topological polar surface area (TPSA) is 84.5 Å². The van der Waals surface area contributed by atoms with E-state index in [1.54, 1.807) is 19.1 Å². The molecule has 6 nitrogen and oxygen atoms in total. The Morgan fingerprint density at radius 1 is 1.11 bits per heavy atom. The maximum absolute atomic E-state index is 12.8. The molecule has 0 fully saturated rings. The summed E-state index contributed by atoms with van der Waals surface area (Å²) < 4.78 is 43.2. The molecule has 27 heavy (non-hydrogen) atoms. The highest BCUT2D eigenvalue weighted by atomic mass is 19.4. The standard InChI is InChI=1S/C18H23F3N2O4/c1-10-6-7-12(11(2)8-10)22-15(25)14(24)13(9-18(19,20)21)23-16(26)27-17(3,4)5/h6-8,13H,9H2,1-5H3,(H,22,25)(H,23,26). The van der Waals surface area contributed by atoms with E-state index >= 15 is 0 Å². The summed E-state index contributed by atoms with van der Waals surface area (Å²) in [5, 5.41) is 4.11. The monoisotopic (exact) mass is 388 g/mol. The van der Waals surface area contributed by atoms with Crippen LogP contribution in [0.1, 0.15) is 38.3 Å². The van der Waals surface area contributed by atoms with Crippen LogP contribution in [0.15, 0.2) is 18.2 Å². The van der Waals surface area contributed by atoms with Gasteiger partial charge in [-0.3, -0.25) is 9.59 Å². The molecule has 1 aromatic carbocycles. The summed E-state index contributed by atoms with van der Waals surface area (Å²) in [7, 11) is 0. The zero-order valence-electron chi connectivity index (χ0n) is 15.8. The Morgan fingerprint density at radius 2 is 1.70 bits per heavy atom. The van der Waals surface area contributed by atoms with Crippen LogP contribution in [0, 0.1) is 13.8 Å². The van der Waals surface area contributed by atoms with Crippen LogP contribution in [0.25, 0.3) is 0 Å². The second kappa shape index (κ2) is 8.41. The van der Waals surface area contributed by atoms with Gasteiger partial charge in [-0.1, -0.05) is 17.7 Å². The zero-order valence-corrected chi connectivity index (χ0v) is 15.8. The number of rotatable bonds is 5. The van der Waals surface area contributed by atoms with E-state index in [1.165, 1.54) is 26.8 Å². The fourth-order valence-electron chi connectivity index (χ4n) is 2.19. The van der Waals surface area contributed by atoms with E-state index in [-0.39, 0.29) is 0 Å². The molecule has 0 radical (unpaired) electrons. The highest BCUT2D eigenvalue weighted by molar-refractivity contribution is 6.42. The van der Waals surface area contributed by atoms with Crippen molar-refractivity contribution in [3.8, 4) is 0 Å². The summed E-state index contributed by atoms with van der Waals surface area (Å²) in [4.78, 5) is 36.1. The average Bonchev–Trinajstić information content (AvgIpc) is 2.45. The fraction of sp³-hybridized carbons (Fsp3) is 0.500. The first kappa shape index (κ1) is 22.5. The molecule has 0 aromatic heterocycles. The molecule has 2 amide bonds. The van der Waals surface area contributed by atoms with Crippen molar-refractivity contribution in [2.75, 3.05) is 5.32 Å². The number of halogens is 3. The van der Waals surface area contributed by atoms with Gasteiger partial charge in [0.05, 0.1) is 6.42 Å². The van der Waals surface area contributed by atoms with Crippen molar-refractivity contribution >= 4 is 23.5 Å². The molecule has 0 aliphatic rings. The van der Waals surface area contributed by atoms with Crippen LogP contribution in [-0.2, 0) is 14.3 Å². The molecular formula is C18H23F3N2O4. The van der Waals surface area contributed by atoms with Crippen LogP contribution in [-0.4, -0.2) is 35.6 Å². The molecule has 1 unspecified atom stereocenters. The minimum atomic E-state index is -4.77. The lowest BCUT2D eigenvalue weighted by Crippen LogP contribution is -2.49. The smallest absolute Gasteiger partial charge is 0.408 e. The fourth-order valence-corrected chi connectivity index (χ4v) is 2.19. The second-order valence-electron chi connectivity index (χ2n) is 7.15. The van der Waals surface area contributed by atoms with Gasteiger partial charge in [0.15, 0.2) is 0 Å². The third-order valence-electron chi connectivity index (χ3n) is 3.30. The summed E-state index contributed by atoms with van der Waals surface area (Å²) in [6.45, 7) is 8.05. The SMILES string of the molecule is Cc1ccc(NC(=O)C(=O)C(CC(F)(F)F)NC(=O)OC(C)(C)C)c(C)c1. The summed E-state index contributed by atoms with van der Waals surface area (Å²) in [6.07, 6.45) is -7.68. The lowest BCUT2D eigenvalue weighted by Gasteiger charge is -2.23. The molecule has 1 atom stereocenters. The van der Waals surface area contributed by atoms with Crippen molar-refractivity contribution in [2.24, 2.45) is 0 Å². The number of aryl methyl sites for hydroxylation is 2. The highest BCUT2D eigenvalue weighted by Crippen LogP contribution is 2.23. The Morgan fingerprint density at radius 3 is 2.19 bits per heavy atom. The molecule has 1 aromatic rings. The number of alkyl carbamates (subject to hydrolysis) is 1. The highest BCUT2D eigenvalue weighted by Gasteiger charge is 2.39. The number of anilines is 1. The van der Waals surface area contributed by atoms with Gasteiger partial charge in [-0.2, -0.15) is 13.2 Å². The molecular weight excluding hydrogens is 365 g/mol. The van der Waals surface area contributed by atoms with Crippen molar-refractivity contribution in [1.82, 2.24) is 5.32 Å². The molecule has 0 saturated heterocycles. The van der Waals surface area contributed by atoms with Crippen LogP contribution in [0.5, 0.6) is 0 Å². The molecule has 0 aliphatic heterocycles. The first-order chi connectivity index (χ1) is 12.2. The van der Waals surface area contributed by atoms with E-state index in [9.17, 15) is 27.6 Å². The number of benzene rings is 1. The third kappa shape index (κ3) is 8.10. The Kier molecular flexibility index (Phi) is 6.99. The second-order valence-corrected chi connectivity index (χ2v) is 7.15. The minimum absolute atomic E-state index is 0.293. The van der Waals surface area contributed by atoms with Crippen LogP contribution in [0.4, 0.5) is 23.7 Å². The van der Waals surface area contributed by atoms with Gasteiger partial charge in [0.1, 0.15) is 11.6 Å². The molecule has 0 bridgehead atoms. The number of carbonyl (C=O) groups excluding carboxylic acids is 3. The van der Waals surface area contributed by atoms with E-state index in [1.807, 2.05) is 12.2 Å². The number of ketones is 1. The Balaban J connectivity index is 2.94.